The van der Waals surface area contributed by atoms with Crippen molar-refractivity contribution in [3.63, 3.8) is 0 Å². The number of nitrogens with zero attached hydrogens (tertiary/aromatic N) is 2. The van der Waals surface area contributed by atoms with Gasteiger partial charge in [-0.05, 0) is 43.5 Å². The SMILES string of the molecule is CC1CCc2cc3c(cc2=N1)C=CN=3. The van der Waals surface area contributed by atoms with Gasteiger partial charge in [0.2, 0.25) is 0 Å². The summed E-state index contributed by atoms with van der Waals surface area (Å²) < 4.78 is 0. The Labute approximate surface area is 82.7 Å². The summed E-state index contributed by atoms with van der Waals surface area (Å²) in [6.07, 6.45) is 6.21. The molecule has 1 unspecified atom stereocenters. The zero-order chi connectivity index (χ0) is 9.54. The summed E-state index contributed by atoms with van der Waals surface area (Å²) in [6.45, 7) is 2.18. The highest BCUT2D eigenvalue weighted by Gasteiger charge is 2.11. The average molecular weight is 184 g/mol. The Kier molecular flexibility index (Phi) is 1.57. The fourth-order valence-corrected chi connectivity index (χ4v) is 2.07. The van der Waals surface area contributed by atoms with Gasteiger partial charge in [0.25, 0.3) is 0 Å². The van der Waals surface area contributed by atoms with Crippen LogP contribution in [0.2, 0.25) is 0 Å². The maximum atomic E-state index is 4.65. The number of hydrogen-bond acceptors (Lipinski definition) is 2. The molecule has 1 atom stereocenters. The maximum absolute atomic E-state index is 4.65. The molecule has 2 nitrogen and oxygen atoms in total. The van der Waals surface area contributed by atoms with E-state index in [4.69, 9.17) is 0 Å². The van der Waals surface area contributed by atoms with Crippen LogP contribution >= 0.6 is 0 Å². The van der Waals surface area contributed by atoms with Crippen molar-refractivity contribution in [1.29, 1.82) is 0 Å². The van der Waals surface area contributed by atoms with Gasteiger partial charge >= 0.3 is 0 Å². The van der Waals surface area contributed by atoms with E-state index in [2.05, 4.69) is 29.0 Å². The highest BCUT2D eigenvalue weighted by molar-refractivity contribution is 5.52. The van der Waals surface area contributed by atoms with E-state index >= 15 is 0 Å². The van der Waals surface area contributed by atoms with E-state index < -0.39 is 0 Å². The molecule has 0 amide bonds. The van der Waals surface area contributed by atoms with Gasteiger partial charge in [-0.1, -0.05) is 0 Å². The molecule has 0 saturated heterocycles. The molecule has 0 N–H and O–H groups in total. The van der Waals surface area contributed by atoms with Crippen LogP contribution in [0.15, 0.2) is 28.3 Å². The van der Waals surface area contributed by atoms with E-state index in [1.54, 1.807) is 0 Å². The number of benzene rings is 1. The topological polar surface area (TPSA) is 24.7 Å². The highest BCUT2D eigenvalue weighted by atomic mass is 14.8. The van der Waals surface area contributed by atoms with Gasteiger partial charge in [0.05, 0.1) is 10.7 Å². The van der Waals surface area contributed by atoms with Gasteiger partial charge < -0.3 is 0 Å². The zero-order valence-electron chi connectivity index (χ0n) is 8.20. The lowest BCUT2D eigenvalue weighted by Gasteiger charge is -2.13. The van der Waals surface area contributed by atoms with Crippen LogP contribution in [0.4, 0.5) is 0 Å². The molecule has 0 bridgehead atoms. The van der Waals surface area contributed by atoms with E-state index in [-0.39, 0.29) is 0 Å². The molecule has 0 radical (unpaired) electrons. The molecule has 70 valence electrons. The number of rotatable bonds is 0. The molecule has 2 heteroatoms. The first-order valence-corrected chi connectivity index (χ1v) is 5.08. The van der Waals surface area contributed by atoms with Crippen molar-refractivity contribution in [2.24, 2.45) is 9.98 Å². The van der Waals surface area contributed by atoms with Crippen LogP contribution in [0, 0.1) is 0 Å². The molecule has 0 aliphatic carbocycles. The Bertz CT molecular complexity index is 526. The summed E-state index contributed by atoms with van der Waals surface area (Å²) in [5.74, 6) is 0. The molecule has 2 heterocycles. The molecule has 1 aromatic rings. The number of hydrogen-bond donors (Lipinski definition) is 0. The molecule has 0 fully saturated rings. The predicted octanol–water partition coefficient (Wildman–Crippen LogP) is 1.24. The first-order valence-electron chi connectivity index (χ1n) is 5.08. The van der Waals surface area contributed by atoms with Crippen molar-refractivity contribution in [3.8, 4) is 0 Å². The highest BCUT2D eigenvalue weighted by Crippen LogP contribution is 2.09. The second-order valence-electron chi connectivity index (χ2n) is 4.00. The smallest absolute Gasteiger partial charge is 0.0706 e. The third-order valence-electron chi connectivity index (χ3n) is 2.89. The van der Waals surface area contributed by atoms with Crippen molar-refractivity contribution in [2.75, 3.05) is 0 Å². The van der Waals surface area contributed by atoms with Crippen LogP contribution in [-0.4, -0.2) is 6.04 Å². The third kappa shape index (κ3) is 1.10. The summed E-state index contributed by atoms with van der Waals surface area (Å²) in [5.41, 5.74) is 2.57. The Morgan fingerprint density at radius 1 is 1.29 bits per heavy atom. The Balaban J connectivity index is 2.31. The van der Waals surface area contributed by atoms with Crippen molar-refractivity contribution >= 4 is 6.08 Å². The molecule has 2 aliphatic rings. The molecule has 2 aliphatic heterocycles. The lowest BCUT2D eigenvalue weighted by Crippen LogP contribution is -2.24. The second kappa shape index (κ2) is 2.77. The lowest BCUT2D eigenvalue weighted by molar-refractivity contribution is 0.621. The Morgan fingerprint density at radius 2 is 2.21 bits per heavy atom. The second-order valence-corrected chi connectivity index (χ2v) is 4.00. The van der Waals surface area contributed by atoms with E-state index in [0.717, 1.165) is 11.8 Å². The molecule has 0 saturated carbocycles. The molecule has 3 rings (SSSR count). The summed E-state index contributed by atoms with van der Waals surface area (Å²) in [7, 11) is 0. The molecule has 0 spiro atoms. The molecule has 1 aromatic carbocycles. The Morgan fingerprint density at radius 3 is 3.14 bits per heavy atom. The van der Waals surface area contributed by atoms with E-state index in [9.17, 15) is 0 Å². The standard InChI is InChI=1S/C12H12N2/c1-8-2-3-9-6-11-10(4-5-13-11)7-12(9)14-8/h4-8H,2-3H2,1H3. The van der Waals surface area contributed by atoms with Gasteiger partial charge in [-0.2, -0.15) is 0 Å². The summed E-state index contributed by atoms with van der Waals surface area (Å²) in [6, 6.07) is 4.82. The van der Waals surface area contributed by atoms with Gasteiger partial charge in [0, 0.05) is 17.8 Å². The quantitative estimate of drug-likeness (QED) is 0.579. The van der Waals surface area contributed by atoms with Gasteiger partial charge in [0.1, 0.15) is 0 Å². The van der Waals surface area contributed by atoms with Crippen LogP contribution in [0.25, 0.3) is 6.08 Å². The number of aryl methyl sites for hydroxylation is 1. The normalized spacial score (nSPS) is 22.2. The first-order chi connectivity index (χ1) is 6.83. The summed E-state index contributed by atoms with van der Waals surface area (Å²) in [5, 5.41) is 2.28. The average Bonchev–Trinajstić information content (AvgIpc) is 2.61. The maximum Gasteiger partial charge on any atom is 0.0706 e. The fraction of sp³-hybridized carbons (Fsp3) is 0.333. The van der Waals surface area contributed by atoms with Gasteiger partial charge in [0.15, 0.2) is 0 Å². The van der Waals surface area contributed by atoms with Crippen molar-refractivity contribution in [2.45, 2.75) is 25.8 Å². The minimum absolute atomic E-state index is 0.475. The monoisotopic (exact) mass is 184 g/mol. The van der Waals surface area contributed by atoms with Crippen LogP contribution in [-0.2, 0) is 6.42 Å². The van der Waals surface area contributed by atoms with E-state index in [0.29, 0.717) is 6.04 Å². The lowest BCUT2D eigenvalue weighted by atomic mass is 10.0. The van der Waals surface area contributed by atoms with Crippen LogP contribution in [0.3, 0.4) is 0 Å². The zero-order valence-corrected chi connectivity index (χ0v) is 8.20. The number of fused-ring (bicyclic) bond motifs is 2. The van der Waals surface area contributed by atoms with E-state index in [1.165, 1.54) is 22.9 Å². The molecular weight excluding hydrogens is 172 g/mol. The molecular formula is C12H12N2. The summed E-state index contributed by atoms with van der Waals surface area (Å²) >= 11 is 0. The van der Waals surface area contributed by atoms with Crippen molar-refractivity contribution in [1.82, 2.24) is 0 Å². The first kappa shape index (κ1) is 7.92. The molecule has 14 heavy (non-hydrogen) atoms. The van der Waals surface area contributed by atoms with Gasteiger partial charge in [-0.15, -0.1) is 0 Å². The van der Waals surface area contributed by atoms with Crippen molar-refractivity contribution < 1.29 is 0 Å². The van der Waals surface area contributed by atoms with Crippen LogP contribution in [0.5, 0.6) is 0 Å². The predicted molar refractivity (Wildman–Crippen MR) is 55.6 cm³/mol. The minimum Gasteiger partial charge on any atom is -0.282 e. The third-order valence-corrected chi connectivity index (χ3v) is 2.89. The fourth-order valence-electron chi connectivity index (χ4n) is 2.07. The van der Waals surface area contributed by atoms with Crippen molar-refractivity contribution in [3.05, 3.63) is 40.2 Å². The van der Waals surface area contributed by atoms with Crippen LogP contribution in [0.1, 0.15) is 24.5 Å². The van der Waals surface area contributed by atoms with E-state index in [1.807, 2.05) is 12.3 Å². The molecule has 0 aromatic heterocycles. The largest absolute Gasteiger partial charge is 0.282 e. The minimum atomic E-state index is 0.475. The van der Waals surface area contributed by atoms with Gasteiger partial charge in [-0.25, -0.2) is 0 Å². The van der Waals surface area contributed by atoms with Gasteiger partial charge in [-0.3, -0.25) is 9.98 Å². The van der Waals surface area contributed by atoms with Crippen LogP contribution < -0.4 is 10.7 Å². The Hall–Kier alpha value is -1.44. The summed E-state index contributed by atoms with van der Waals surface area (Å²) in [4.78, 5) is 8.95.